The Hall–Kier alpha value is -3.67. The molecule has 2 heterocycles. The maximum atomic E-state index is 13.3. The molecule has 0 bridgehead atoms. The molecule has 0 spiro atoms. The van der Waals surface area contributed by atoms with Gasteiger partial charge in [0.1, 0.15) is 5.75 Å². The molecule has 1 aliphatic rings. The van der Waals surface area contributed by atoms with Crippen molar-refractivity contribution in [3.8, 4) is 5.75 Å². The van der Waals surface area contributed by atoms with Gasteiger partial charge in [-0.15, -0.1) is 0 Å². The first-order chi connectivity index (χ1) is 18.4. The predicted molar refractivity (Wildman–Crippen MR) is 150 cm³/mol. The lowest BCUT2D eigenvalue weighted by molar-refractivity contribution is -0.134. The van der Waals surface area contributed by atoms with E-state index in [0.29, 0.717) is 44.0 Å². The van der Waals surface area contributed by atoms with Gasteiger partial charge in [0, 0.05) is 37.8 Å². The minimum atomic E-state index is -0.600. The van der Waals surface area contributed by atoms with Crippen molar-refractivity contribution < 1.29 is 14.3 Å². The van der Waals surface area contributed by atoms with E-state index in [1.807, 2.05) is 42.2 Å². The van der Waals surface area contributed by atoms with Crippen molar-refractivity contribution in [2.75, 3.05) is 13.1 Å². The average molecular weight is 514 g/mol. The van der Waals surface area contributed by atoms with Crippen LogP contribution in [0.15, 0.2) is 66.9 Å². The molecule has 38 heavy (non-hydrogen) atoms. The minimum Gasteiger partial charge on any atom is -0.481 e. The Labute approximate surface area is 226 Å². The van der Waals surface area contributed by atoms with Crippen LogP contribution in [0.4, 0.5) is 0 Å². The summed E-state index contributed by atoms with van der Waals surface area (Å²) in [6.07, 6.45) is 3.69. The zero-order valence-electron chi connectivity index (χ0n) is 22.9. The molecule has 1 aromatic heterocycles. The highest BCUT2D eigenvalue weighted by molar-refractivity contribution is 5.81. The van der Waals surface area contributed by atoms with Gasteiger partial charge in [0.05, 0.1) is 6.04 Å². The Morgan fingerprint density at radius 2 is 1.89 bits per heavy atom. The van der Waals surface area contributed by atoms with E-state index in [0.717, 1.165) is 23.2 Å². The van der Waals surface area contributed by atoms with Gasteiger partial charge < -0.3 is 15.0 Å². The molecular formula is C32H39N3O3. The third kappa shape index (κ3) is 6.80. The second-order valence-electron chi connectivity index (χ2n) is 10.5. The van der Waals surface area contributed by atoms with Gasteiger partial charge in [-0.25, -0.2) is 0 Å². The molecule has 6 nitrogen and oxygen atoms in total. The van der Waals surface area contributed by atoms with Crippen LogP contribution in [0.2, 0.25) is 0 Å². The van der Waals surface area contributed by atoms with E-state index in [9.17, 15) is 9.59 Å². The van der Waals surface area contributed by atoms with Gasteiger partial charge in [-0.05, 0) is 66.6 Å². The predicted octanol–water partition coefficient (Wildman–Crippen LogP) is 5.43. The zero-order chi connectivity index (χ0) is 27.1. The summed E-state index contributed by atoms with van der Waals surface area (Å²) in [6.45, 7) is 9.36. The fourth-order valence-electron chi connectivity index (χ4n) is 4.97. The third-order valence-electron chi connectivity index (χ3n) is 6.99. The minimum absolute atomic E-state index is 0.134. The number of ether oxygens (including phenoxy) is 1. The highest BCUT2D eigenvalue weighted by Crippen LogP contribution is 2.38. The second kappa shape index (κ2) is 12.7. The average Bonchev–Trinajstić information content (AvgIpc) is 2.91. The van der Waals surface area contributed by atoms with Crippen LogP contribution in [0.5, 0.6) is 5.75 Å². The number of aromatic nitrogens is 1. The summed E-state index contributed by atoms with van der Waals surface area (Å²) in [6, 6.07) is 20.1. The van der Waals surface area contributed by atoms with Crippen molar-refractivity contribution in [2.45, 2.75) is 65.5 Å². The molecule has 6 heteroatoms. The van der Waals surface area contributed by atoms with Gasteiger partial charge >= 0.3 is 0 Å². The first-order valence-electron chi connectivity index (χ1n) is 13.7. The van der Waals surface area contributed by atoms with Crippen LogP contribution in [0.25, 0.3) is 0 Å². The highest BCUT2D eigenvalue weighted by atomic mass is 16.5. The molecule has 1 N–H and O–H groups in total. The maximum Gasteiger partial charge on any atom is 0.261 e. The normalized spacial score (nSPS) is 15.6. The molecule has 0 fully saturated rings. The fourth-order valence-corrected chi connectivity index (χ4v) is 4.97. The fraction of sp³-hybridized carbons (Fsp3) is 0.406. The molecule has 2 atom stereocenters. The van der Waals surface area contributed by atoms with Crippen molar-refractivity contribution in [3.05, 3.63) is 94.8 Å². The van der Waals surface area contributed by atoms with E-state index < -0.39 is 6.10 Å². The van der Waals surface area contributed by atoms with E-state index in [4.69, 9.17) is 4.74 Å². The van der Waals surface area contributed by atoms with Gasteiger partial charge in [-0.1, -0.05) is 62.7 Å². The number of carbonyl (C=O) groups is 2. The van der Waals surface area contributed by atoms with Gasteiger partial charge in [0.2, 0.25) is 5.91 Å². The number of pyridine rings is 1. The molecule has 0 aliphatic carbocycles. The highest BCUT2D eigenvalue weighted by Gasteiger charge is 2.33. The number of fused-ring (bicyclic) bond motifs is 1. The summed E-state index contributed by atoms with van der Waals surface area (Å²) in [5.41, 5.74) is 5.49. The van der Waals surface area contributed by atoms with E-state index in [2.05, 4.69) is 61.4 Å². The Morgan fingerprint density at radius 1 is 1.11 bits per heavy atom. The standard InChI is InChI=1S/C32H39N3O3/c1-5-29(32(37)34-18-15-26-8-6-7-17-33-26)38-27-14-13-24-16-19-35(30(36)20-22(2)3)31(28(24)21-27)25-11-9-23(4)10-12-25/h6-14,17,21-22,29,31H,5,15-16,18-20H2,1-4H3,(H,34,37)/t29-,31+/m1/s1. The third-order valence-corrected chi connectivity index (χ3v) is 6.99. The van der Waals surface area contributed by atoms with Crippen molar-refractivity contribution in [1.82, 2.24) is 15.2 Å². The Balaban J connectivity index is 1.54. The number of aryl methyl sites for hydroxylation is 1. The van der Waals surface area contributed by atoms with Gasteiger partial charge in [-0.3, -0.25) is 14.6 Å². The number of benzene rings is 2. The van der Waals surface area contributed by atoms with Crippen molar-refractivity contribution in [1.29, 1.82) is 0 Å². The number of rotatable bonds is 10. The summed E-state index contributed by atoms with van der Waals surface area (Å²) in [5, 5.41) is 2.99. The lowest BCUT2D eigenvalue weighted by Crippen LogP contribution is -2.41. The van der Waals surface area contributed by atoms with Crippen molar-refractivity contribution in [3.63, 3.8) is 0 Å². The number of hydrogen-bond donors (Lipinski definition) is 1. The summed E-state index contributed by atoms with van der Waals surface area (Å²) >= 11 is 0. The summed E-state index contributed by atoms with van der Waals surface area (Å²) < 4.78 is 6.23. The van der Waals surface area contributed by atoms with Crippen molar-refractivity contribution >= 4 is 11.8 Å². The molecule has 2 aromatic carbocycles. The number of nitrogens with one attached hydrogen (secondary N) is 1. The van der Waals surface area contributed by atoms with Gasteiger partial charge in [-0.2, -0.15) is 0 Å². The Kier molecular flexibility index (Phi) is 9.16. The largest absolute Gasteiger partial charge is 0.481 e. The number of amides is 2. The number of hydrogen-bond acceptors (Lipinski definition) is 4. The van der Waals surface area contributed by atoms with Crippen LogP contribution in [-0.4, -0.2) is 40.9 Å². The molecule has 0 radical (unpaired) electrons. The molecule has 4 rings (SSSR count). The smallest absolute Gasteiger partial charge is 0.261 e. The van der Waals surface area contributed by atoms with Crippen LogP contribution in [0, 0.1) is 12.8 Å². The summed E-state index contributed by atoms with van der Waals surface area (Å²) in [5.74, 6) is 0.968. The Bertz CT molecular complexity index is 1220. The second-order valence-corrected chi connectivity index (χ2v) is 10.5. The lowest BCUT2D eigenvalue weighted by Gasteiger charge is -2.38. The topological polar surface area (TPSA) is 71.5 Å². The molecule has 0 unspecified atom stereocenters. The van der Waals surface area contributed by atoms with E-state index in [1.165, 1.54) is 11.1 Å². The number of carbonyl (C=O) groups excluding carboxylic acids is 2. The van der Waals surface area contributed by atoms with E-state index >= 15 is 0 Å². The first-order valence-corrected chi connectivity index (χ1v) is 13.7. The van der Waals surface area contributed by atoms with Crippen LogP contribution in [-0.2, 0) is 22.4 Å². The van der Waals surface area contributed by atoms with E-state index in [-0.39, 0.29) is 17.9 Å². The molecule has 200 valence electrons. The molecular weight excluding hydrogens is 474 g/mol. The van der Waals surface area contributed by atoms with Crippen LogP contribution in [0.3, 0.4) is 0 Å². The summed E-state index contributed by atoms with van der Waals surface area (Å²) in [4.78, 5) is 32.5. The molecule has 3 aromatic rings. The molecule has 1 aliphatic heterocycles. The van der Waals surface area contributed by atoms with Crippen LogP contribution < -0.4 is 10.1 Å². The first kappa shape index (κ1) is 27.4. The SMILES string of the molecule is CC[C@@H](Oc1ccc2c(c1)[C@H](c1ccc(C)cc1)N(C(=O)CC(C)C)CC2)C(=O)NCCc1ccccn1. The van der Waals surface area contributed by atoms with E-state index in [1.54, 1.807) is 6.20 Å². The molecule has 2 amide bonds. The quantitative estimate of drug-likeness (QED) is 0.393. The summed E-state index contributed by atoms with van der Waals surface area (Å²) in [7, 11) is 0. The monoisotopic (exact) mass is 513 g/mol. The van der Waals surface area contributed by atoms with Crippen LogP contribution >= 0.6 is 0 Å². The molecule has 0 saturated carbocycles. The Morgan fingerprint density at radius 3 is 2.58 bits per heavy atom. The van der Waals surface area contributed by atoms with Gasteiger partial charge in [0.25, 0.3) is 5.91 Å². The van der Waals surface area contributed by atoms with Crippen LogP contribution in [0.1, 0.15) is 67.6 Å². The molecule has 0 saturated heterocycles. The zero-order valence-corrected chi connectivity index (χ0v) is 22.9. The number of nitrogens with zero attached hydrogens (tertiary/aromatic N) is 2. The maximum absolute atomic E-state index is 13.3. The van der Waals surface area contributed by atoms with Crippen molar-refractivity contribution in [2.24, 2.45) is 5.92 Å². The lowest BCUT2D eigenvalue weighted by atomic mass is 9.87. The van der Waals surface area contributed by atoms with Gasteiger partial charge in [0.15, 0.2) is 6.10 Å².